The molecule has 0 unspecified atom stereocenters. The Bertz CT molecular complexity index is 920. The summed E-state index contributed by atoms with van der Waals surface area (Å²) in [5, 5.41) is 2.43. The molecule has 1 fully saturated rings. The van der Waals surface area contributed by atoms with E-state index in [-0.39, 0.29) is 17.9 Å². The highest BCUT2D eigenvalue weighted by Crippen LogP contribution is 2.41. The number of ketones is 1. The number of carbonyl (C=O) groups excluding carboxylic acids is 2. The Morgan fingerprint density at radius 1 is 1.31 bits per heavy atom. The minimum Gasteiger partial charge on any atom is -0.355 e. The van der Waals surface area contributed by atoms with E-state index in [1.165, 1.54) is 36.0 Å². The number of aromatic nitrogens is 1. The fourth-order valence-electron chi connectivity index (χ4n) is 3.07. The molecule has 5 nitrogen and oxygen atoms in total. The van der Waals surface area contributed by atoms with Crippen molar-refractivity contribution < 1.29 is 14.0 Å². The number of nitrogens with zero attached hydrogens (tertiary/aromatic N) is 1. The molecule has 0 spiro atoms. The highest BCUT2D eigenvalue weighted by Gasteiger charge is 2.34. The molecule has 136 valence electrons. The molecule has 1 aliphatic carbocycles. The zero-order chi connectivity index (χ0) is 18.8. The van der Waals surface area contributed by atoms with Gasteiger partial charge in [0.05, 0.1) is 6.54 Å². The molecule has 3 rings (SSSR count). The molecule has 0 aliphatic heterocycles. The Hall–Kier alpha value is -2.76. The van der Waals surface area contributed by atoms with Crippen molar-refractivity contribution in [3.63, 3.8) is 0 Å². The van der Waals surface area contributed by atoms with Crippen molar-refractivity contribution in [3.05, 3.63) is 69.4 Å². The summed E-state index contributed by atoms with van der Waals surface area (Å²) in [5.74, 6) is -0.128. The molecule has 6 heteroatoms. The highest BCUT2D eigenvalue weighted by atomic mass is 19.1. The maximum absolute atomic E-state index is 13.4. The van der Waals surface area contributed by atoms with Gasteiger partial charge >= 0.3 is 0 Å². The van der Waals surface area contributed by atoms with Crippen LogP contribution >= 0.6 is 0 Å². The smallest absolute Gasteiger partial charge is 0.263 e. The zero-order valence-corrected chi connectivity index (χ0v) is 14.8. The summed E-state index contributed by atoms with van der Waals surface area (Å²) in [6, 6.07) is 7.25. The van der Waals surface area contributed by atoms with E-state index in [9.17, 15) is 18.8 Å². The second kappa shape index (κ2) is 7.23. The van der Waals surface area contributed by atoms with Crippen molar-refractivity contribution >= 4 is 11.7 Å². The van der Waals surface area contributed by atoms with Crippen LogP contribution in [0.15, 0.2) is 41.3 Å². The van der Waals surface area contributed by atoms with Crippen molar-refractivity contribution in [3.8, 4) is 0 Å². The first-order valence-corrected chi connectivity index (χ1v) is 8.63. The lowest BCUT2D eigenvalue weighted by atomic mass is 10.0. The normalized spacial score (nSPS) is 18.4. The van der Waals surface area contributed by atoms with Crippen molar-refractivity contribution in [1.82, 2.24) is 9.88 Å². The van der Waals surface area contributed by atoms with Gasteiger partial charge in [0.15, 0.2) is 5.78 Å². The number of rotatable bonds is 6. The zero-order valence-electron chi connectivity index (χ0n) is 14.8. The Morgan fingerprint density at radius 3 is 2.65 bits per heavy atom. The van der Waals surface area contributed by atoms with E-state index in [1.807, 2.05) is 0 Å². The van der Waals surface area contributed by atoms with Crippen molar-refractivity contribution in [2.24, 2.45) is 11.8 Å². The molecule has 26 heavy (non-hydrogen) atoms. The average molecular weight is 356 g/mol. The van der Waals surface area contributed by atoms with Crippen LogP contribution in [0.2, 0.25) is 0 Å². The van der Waals surface area contributed by atoms with Gasteiger partial charge in [-0.2, -0.15) is 0 Å². The lowest BCUT2D eigenvalue weighted by Gasteiger charge is -2.11. The van der Waals surface area contributed by atoms with E-state index in [0.29, 0.717) is 29.4 Å². The first-order chi connectivity index (χ1) is 12.4. The van der Waals surface area contributed by atoms with Gasteiger partial charge in [-0.25, -0.2) is 4.39 Å². The van der Waals surface area contributed by atoms with Crippen LogP contribution < -0.4 is 10.9 Å². The van der Waals surface area contributed by atoms with Crippen LogP contribution in [0.4, 0.5) is 4.39 Å². The number of amides is 1. The number of Topliss-reactive ketones (excluding diaryl/α,β-unsaturated/α-hetero) is 1. The summed E-state index contributed by atoms with van der Waals surface area (Å²) in [6.45, 7) is 2.18. The van der Waals surface area contributed by atoms with Crippen molar-refractivity contribution in [2.45, 2.75) is 26.3 Å². The van der Waals surface area contributed by atoms with E-state index >= 15 is 0 Å². The lowest BCUT2D eigenvalue weighted by Crippen LogP contribution is -2.32. The van der Waals surface area contributed by atoms with Gasteiger partial charge in [0.25, 0.3) is 11.5 Å². The van der Waals surface area contributed by atoms with Crippen LogP contribution in [0.25, 0.3) is 0 Å². The Morgan fingerprint density at radius 2 is 2.04 bits per heavy atom. The molecular formula is C20H21FN2O3. The van der Waals surface area contributed by atoms with Crippen LogP contribution in [-0.4, -0.2) is 23.3 Å². The van der Waals surface area contributed by atoms with Gasteiger partial charge in [0.2, 0.25) is 0 Å². The highest BCUT2D eigenvalue weighted by molar-refractivity contribution is 6.00. The van der Waals surface area contributed by atoms with E-state index in [1.54, 1.807) is 12.1 Å². The summed E-state index contributed by atoms with van der Waals surface area (Å²) >= 11 is 0. The molecule has 0 saturated heterocycles. The van der Waals surface area contributed by atoms with E-state index < -0.39 is 17.3 Å². The van der Waals surface area contributed by atoms with Gasteiger partial charge in [0, 0.05) is 25.2 Å². The Labute approximate surface area is 150 Å². The molecular weight excluding hydrogens is 335 g/mol. The lowest BCUT2D eigenvalue weighted by molar-refractivity contribution is 0.0961. The number of hydrogen-bond donors (Lipinski definition) is 1. The van der Waals surface area contributed by atoms with Gasteiger partial charge in [-0.1, -0.05) is 19.1 Å². The molecule has 1 aromatic carbocycles. The number of nitrogens with one attached hydrogen (secondary N) is 1. The molecule has 2 aromatic rings. The molecule has 1 saturated carbocycles. The average Bonchev–Trinajstić information content (AvgIpc) is 3.30. The predicted octanol–water partition coefficient (Wildman–Crippen LogP) is 2.62. The quantitative estimate of drug-likeness (QED) is 0.809. The SMILES string of the molecule is CNC(=O)c1cc(C(=O)C[C@H]2C[C@@H]2C)cn(Cc2cccc(F)c2)c1=O. The van der Waals surface area contributed by atoms with E-state index in [2.05, 4.69) is 12.2 Å². The van der Waals surface area contributed by atoms with Crippen LogP contribution in [0.1, 0.15) is 46.0 Å². The first-order valence-electron chi connectivity index (χ1n) is 8.63. The minimum absolute atomic E-state index is 0.0846. The predicted molar refractivity (Wildman–Crippen MR) is 95.8 cm³/mol. The Balaban J connectivity index is 1.98. The second-order valence-electron chi connectivity index (χ2n) is 6.88. The van der Waals surface area contributed by atoms with Gasteiger partial charge in [0.1, 0.15) is 11.4 Å². The standard InChI is InChI=1S/C20H21FN2O3/c1-12-6-14(12)9-18(24)15-8-17(19(25)22-2)20(26)23(11-15)10-13-4-3-5-16(21)7-13/h3-5,7-8,11-12,14H,6,9-10H2,1-2H3,(H,22,25)/t12-,14+/m0/s1. The second-order valence-corrected chi connectivity index (χ2v) is 6.88. The topological polar surface area (TPSA) is 68.2 Å². The third-order valence-corrected chi connectivity index (χ3v) is 4.85. The van der Waals surface area contributed by atoms with Crippen LogP contribution in [0.5, 0.6) is 0 Å². The number of pyridine rings is 1. The summed E-state index contributed by atoms with van der Waals surface area (Å²) in [6.07, 6.45) is 2.90. The van der Waals surface area contributed by atoms with Gasteiger partial charge in [-0.3, -0.25) is 14.4 Å². The molecule has 1 heterocycles. The van der Waals surface area contributed by atoms with Crippen LogP contribution in [0, 0.1) is 17.7 Å². The maximum atomic E-state index is 13.4. The number of carbonyl (C=O) groups is 2. The fraction of sp³-hybridized carbons (Fsp3) is 0.350. The molecule has 2 atom stereocenters. The minimum atomic E-state index is -0.544. The molecule has 1 aliphatic rings. The maximum Gasteiger partial charge on any atom is 0.263 e. The third kappa shape index (κ3) is 3.90. The number of hydrogen-bond acceptors (Lipinski definition) is 3. The largest absolute Gasteiger partial charge is 0.355 e. The van der Waals surface area contributed by atoms with E-state index in [0.717, 1.165) is 6.42 Å². The van der Waals surface area contributed by atoms with Gasteiger partial charge in [-0.15, -0.1) is 0 Å². The fourth-order valence-corrected chi connectivity index (χ4v) is 3.07. The van der Waals surface area contributed by atoms with Crippen LogP contribution in [0.3, 0.4) is 0 Å². The van der Waals surface area contributed by atoms with Gasteiger partial charge in [-0.05, 0) is 42.0 Å². The molecule has 0 bridgehead atoms. The number of halogens is 1. The Kier molecular flexibility index (Phi) is 5.02. The van der Waals surface area contributed by atoms with Gasteiger partial charge < -0.3 is 9.88 Å². The summed E-state index contributed by atoms with van der Waals surface area (Å²) in [7, 11) is 1.43. The van der Waals surface area contributed by atoms with E-state index in [4.69, 9.17) is 0 Å². The molecule has 1 amide bonds. The molecule has 1 aromatic heterocycles. The van der Waals surface area contributed by atoms with Crippen molar-refractivity contribution in [2.75, 3.05) is 7.05 Å². The molecule has 1 N–H and O–H groups in total. The van der Waals surface area contributed by atoms with Crippen LogP contribution in [-0.2, 0) is 6.54 Å². The summed E-state index contributed by atoms with van der Waals surface area (Å²) < 4.78 is 14.7. The molecule has 0 radical (unpaired) electrons. The monoisotopic (exact) mass is 356 g/mol. The summed E-state index contributed by atoms with van der Waals surface area (Å²) in [5.41, 5.74) is 0.317. The summed E-state index contributed by atoms with van der Waals surface area (Å²) in [4.78, 5) is 37.2. The van der Waals surface area contributed by atoms with Crippen molar-refractivity contribution in [1.29, 1.82) is 0 Å². The first kappa shape index (κ1) is 18.0. The third-order valence-electron chi connectivity index (χ3n) is 4.85. The number of benzene rings is 1.